The van der Waals surface area contributed by atoms with E-state index < -0.39 is 17.1 Å². The van der Waals surface area contributed by atoms with E-state index >= 15 is 0 Å². The number of imide groups is 1. The molecule has 13 heavy (non-hydrogen) atoms. The van der Waals surface area contributed by atoms with Gasteiger partial charge in [-0.1, -0.05) is 0 Å². The summed E-state index contributed by atoms with van der Waals surface area (Å²) >= 11 is 0.488. The quantitative estimate of drug-likeness (QED) is 0.241. The summed E-state index contributed by atoms with van der Waals surface area (Å²) in [5.41, 5.74) is 0. The molecule has 1 rings (SSSR count). The van der Waals surface area contributed by atoms with Gasteiger partial charge in [-0.3, -0.25) is 19.5 Å². The molecule has 1 aliphatic rings. The average Bonchev–Trinajstić information content (AvgIpc) is 2.38. The first-order valence-electron chi connectivity index (χ1n) is 3.23. The number of hydrogen-bond acceptors (Lipinski definition) is 7. The van der Waals surface area contributed by atoms with Crippen LogP contribution in [0, 0.1) is 0 Å². The highest BCUT2D eigenvalue weighted by molar-refractivity contribution is 7.96. The van der Waals surface area contributed by atoms with E-state index in [-0.39, 0.29) is 6.42 Å². The summed E-state index contributed by atoms with van der Waals surface area (Å²) in [6.45, 7) is 0. The number of hydrogen-bond donors (Lipinski definition) is 0. The molecule has 0 bridgehead atoms. The van der Waals surface area contributed by atoms with Crippen LogP contribution in [-0.2, 0) is 23.8 Å². The minimum atomic E-state index is -0.776. The molecule has 0 aromatic carbocycles. The fourth-order valence-corrected chi connectivity index (χ4v) is 1.43. The summed E-state index contributed by atoms with van der Waals surface area (Å²) in [6, 6.07) is 0. The van der Waals surface area contributed by atoms with Crippen molar-refractivity contribution in [2.75, 3.05) is 7.11 Å². The van der Waals surface area contributed by atoms with Crippen LogP contribution in [0.15, 0.2) is 0 Å². The molecule has 0 spiro atoms. The van der Waals surface area contributed by atoms with Crippen LogP contribution in [0.4, 0.5) is 0 Å². The van der Waals surface area contributed by atoms with Crippen molar-refractivity contribution in [1.82, 2.24) is 5.06 Å². The first kappa shape index (κ1) is 10.4. The summed E-state index contributed by atoms with van der Waals surface area (Å²) in [5, 5.41) is 12.3. The highest BCUT2D eigenvalue weighted by atomic mass is 32.2. The lowest BCUT2D eigenvalue weighted by Crippen LogP contribution is -2.30. The van der Waals surface area contributed by atoms with Crippen LogP contribution < -0.4 is 5.26 Å². The fraction of sp³-hybridized carbons (Fsp3) is 0.600. The Bertz CT molecular complexity index is 221. The topological polar surface area (TPSA) is 88.1 Å². The Balaban J connectivity index is 2.52. The zero-order chi connectivity index (χ0) is 9.84. The van der Waals surface area contributed by atoms with Crippen LogP contribution in [0.1, 0.15) is 6.42 Å². The maximum atomic E-state index is 11.2. The Morgan fingerprint density at radius 1 is 1.62 bits per heavy atom. The molecule has 7 nitrogen and oxygen atoms in total. The summed E-state index contributed by atoms with van der Waals surface area (Å²) < 4.78 is 3.93. The molecular weight excluding hydrogens is 202 g/mol. The van der Waals surface area contributed by atoms with Gasteiger partial charge in [0.15, 0.2) is 0 Å². The standard InChI is InChI=1S/C5H7NO6S/c1-10-6-4(7)2-3(5(6)8)13-12-11-9/h3,9H,2H2,1H3/p-1. The van der Waals surface area contributed by atoms with Crippen molar-refractivity contribution in [3.05, 3.63) is 0 Å². The Labute approximate surface area is 77.6 Å². The van der Waals surface area contributed by atoms with Gasteiger partial charge >= 0.3 is 0 Å². The van der Waals surface area contributed by atoms with E-state index in [0.717, 1.165) is 0 Å². The van der Waals surface area contributed by atoms with Gasteiger partial charge < -0.3 is 5.26 Å². The van der Waals surface area contributed by atoms with Gasteiger partial charge in [0.2, 0.25) is 0 Å². The van der Waals surface area contributed by atoms with Crippen molar-refractivity contribution >= 4 is 23.9 Å². The first-order valence-corrected chi connectivity index (χ1v) is 4.04. The summed E-state index contributed by atoms with van der Waals surface area (Å²) in [7, 11) is 1.20. The lowest BCUT2D eigenvalue weighted by molar-refractivity contribution is -0.777. The van der Waals surface area contributed by atoms with Crippen LogP contribution in [0.5, 0.6) is 0 Å². The van der Waals surface area contributed by atoms with E-state index in [1.165, 1.54) is 7.11 Å². The number of carbonyl (C=O) groups is 2. The smallest absolute Gasteiger partial charge is 0.269 e. The van der Waals surface area contributed by atoms with Gasteiger partial charge in [-0.05, 0) is 0 Å². The van der Waals surface area contributed by atoms with Crippen LogP contribution >= 0.6 is 12.0 Å². The molecule has 8 heteroatoms. The molecule has 1 heterocycles. The zero-order valence-corrected chi connectivity index (χ0v) is 7.41. The lowest BCUT2D eigenvalue weighted by atomic mass is 10.4. The van der Waals surface area contributed by atoms with Gasteiger partial charge in [0.05, 0.1) is 13.5 Å². The number of nitrogens with zero attached hydrogens (tertiary/aromatic N) is 1. The molecule has 0 aromatic heterocycles. The van der Waals surface area contributed by atoms with Crippen LogP contribution in [0.2, 0.25) is 0 Å². The van der Waals surface area contributed by atoms with Gasteiger partial charge in [-0.2, -0.15) is 9.40 Å². The molecule has 0 aromatic rings. The normalized spacial score (nSPS) is 22.9. The van der Waals surface area contributed by atoms with Gasteiger partial charge in [0, 0.05) is 12.0 Å². The minimum absolute atomic E-state index is 0.0688. The lowest BCUT2D eigenvalue weighted by Gasteiger charge is -2.10. The average molecular weight is 208 g/mol. The highest BCUT2D eigenvalue weighted by Gasteiger charge is 2.40. The van der Waals surface area contributed by atoms with Crippen molar-refractivity contribution in [3.63, 3.8) is 0 Å². The largest absolute Gasteiger partial charge is 0.691 e. The monoisotopic (exact) mass is 208 g/mol. The van der Waals surface area contributed by atoms with Crippen LogP contribution in [-0.4, -0.2) is 29.2 Å². The first-order chi connectivity index (χ1) is 6.20. The second-order valence-corrected chi connectivity index (χ2v) is 3.03. The van der Waals surface area contributed by atoms with E-state index in [1.807, 2.05) is 0 Å². The molecule has 1 fully saturated rings. The third-order valence-electron chi connectivity index (χ3n) is 1.43. The molecule has 0 N–H and O–H groups in total. The second-order valence-electron chi connectivity index (χ2n) is 2.13. The molecule has 0 aliphatic carbocycles. The van der Waals surface area contributed by atoms with Gasteiger partial charge in [0.1, 0.15) is 5.25 Å². The van der Waals surface area contributed by atoms with E-state index in [0.29, 0.717) is 17.1 Å². The number of carbonyl (C=O) groups excluding carboxylic acids is 2. The van der Waals surface area contributed by atoms with Gasteiger partial charge in [0.25, 0.3) is 11.8 Å². The Kier molecular flexibility index (Phi) is 3.63. The predicted molar refractivity (Wildman–Crippen MR) is 37.0 cm³/mol. The van der Waals surface area contributed by atoms with Crippen molar-refractivity contribution < 1.29 is 29.1 Å². The van der Waals surface area contributed by atoms with Crippen LogP contribution in [0.3, 0.4) is 0 Å². The summed E-state index contributed by atoms with van der Waals surface area (Å²) in [4.78, 5) is 26.6. The summed E-state index contributed by atoms with van der Waals surface area (Å²) in [5.74, 6) is -1.03. The zero-order valence-electron chi connectivity index (χ0n) is 6.59. The van der Waals surface area contributed by atoms with Crippen molar-refractivity contribution in [3.8, 4) is 0 Å². The summed E-state index contributed by atoms with van der Waals surface area (Å²) in [6.07, 6.45) is -0.0688. The van der Waals surface area contributed by atoms with Crippen molar-refractivity contribution in [2.45, 2.75) is 11.7 Å². The Morgan fingerprint density at radius 3 is 2.77 bits per heavy atom. The highest BCUT2D eigenvalue weighted by Crippen LogP contribution is 2.25. The molecule has 0 radical (unpaired) electrons. The molecule has 0 saturated carbocycles. The fourth-order valence-electron chi connectivity index (χ4n) is 0.913. The van der Waals surface area contributed by atoms with Crippen LogP contribution in [0.25, 0.3) is 0 Å². The predicted octanol–water partition coefficient (Wildman–Crippen LogP) is -1.45. The number of amides is 2. The van der Waals surface area contributed by atoms with E-state index in [1.54, 1.807) is 0 Å². The molecule has 1 saturated heterocycles. The van der Waals surface area contributed by atoms with Crippen molar-refractivity contribution in [2.24, 2.45) is 0 Å². The number of hydroxylamine groups is 2. The molecule has 2 amide bonds. The molecule has 1 aliphatic heterocycles. The Morgan fingerprint density at radius 2 is 2.31 bits per heavy atom. The Hall–Kier alpha value is -0.670. The molecular formula is C5H6NO6S-. The van der Waals surface area contributed by atoms with Crippen molar-refractivity contribution in [1.29, 1.82) is 0 Å². The van der Waals surface area contributed by atoms with E-state index in [4.69, 9.17) is 0 Å². The molecule has 1 unspecified atom stereocenters. The maximum absolute atomic E-state index is 11.2. The van der Waals surface area contributed by atoms with Gasteiger partial charge in [-0.15, -0.1) is 0 Å². The molecule has 74 valence electrons. The van der Waals surface area contributed by atoms with E-state index in [9.17, 15) is 14.8 Å². The SMILES string of the molecule is CON1C(=O)CC(SOO[O-])C1=O. The minimum Gasteiger partial charge on any atom is -0.691 e. The third kappa shape index (κ3) is 2.17. The maximum Gasteiger partial charge on any atom is 0.269 e. The number of rotatable bonds is 4. The molecule has 1 atom stereocenters. The second kappa shape index (κ2) is 4.53. The van der Waals surface area contributed by atoms with E-state index in [2.05, 4.69) is 14.2 Å². The third-order valence-corrected chi connectivity index (χ3v) is 2.16. The van der Waals surface area contributed by atoms with Gasteiger partial charge in [-0.25, -0.2) is 0 Å².